The van der Waals surface area contributed by atoms with E-state index in [1.54, 1.807) is 35.3 Å². The molecule has 1 aromatic heterocycles. The molecule has 3 aromatic rings. The van der Waals surface area contributed by atoms with Crippen molar-refractivity contribution in [3.05, 3.63) is 110 Å². The molecule has 180 valence electrons. The molecule has 2 amide bonds. The molecule has 1 aliphatic rings. The van der Waals surface area contributed by atoms with Crippen LogP contribution in [0.5, 0.6) is 0 Å². The molecule has 1 atom stereocenters. The Morgan fingerprint density at radius 3 is 2.69 bits per heavy atom. The van der Waals surface area contributed by atoms with Crippen molar-refractivity contribution < 1.29 is 18.9 Å². The highest BCUT2D eigenvalue weighted by Crippen LogP contribution is 2.38. The van der Waals surface area contributed by atoms with Crippen LogP contribution in [0.1, 0.15) is 38.0 Å². The zero-order valence-corrected chi connectivity index (χ0v) is 20.0. The topological polar surface area (TPSA) is 83.8 Å². The van der Waals surface area contributed by atoms with Crippen molar-refractivity contribution in [2.24, 2.45) is 0 Å². The molecule has 0 saturated carbocycles. The number of nitro groups is 1. The van der Waals surface area contributed by atoms with Crippen molar-refractivity contribution >= 4 is 28.8 Å². The van der Waals surface area contributed by atoms with Crippen LogP contribution in [0.2, 0.25) is 0 Å². The average molecular weight is 494 g/mol. The van der Waals surface area contributed by atoms with E-state index in [4.69, 9.17) is 0 Å². The molecule has 0 bridgehead atoms. The molecule has 1 aliphatic heterocycles. The smallest absolute Gasteiger partial charge is 0.273 e. The third-order valence-corrected chi connectivity index (χ3v) is 7.08. The molecule has 0 saturated heterocycles. The van der Waals surface area contributed by atoms with Crippen LogP contribution in [-0.4, -0.2) is 46.2 Å². The molecule has 0 spiro atoms. The van der Waals surface area contributed by atoms with E-state index in [9.17, 15) is 24.1 Å². The van der Waals surface area contributed by atoms with Gasteiger partial charge in [0.25, 0.3) is 11.6 Å². The van der Waals surface area contributed by atoms with Gasteiger partial charge in [0.2, 0.25) is 5.91 Å². The van der Waals surface area contributed by atoms with Gasteiger partial charge in [0, 0.05) is 35.2 Å². The van der Waals surface area contributed by atoms with Crippen molar-refractivity contribution in [2.75, 3.05) is 19.6 Å². The summed E-state index contributed by atoms with van der Waals surface area (Å²) >= 11 is 1.62. The van der Waals surface area contributed by atoms with E-state index >= 15 is 0 Å². The quantitative estimate of drug-likeness (QED) is 0.266. The van der Waals surface area contributed by atoms with Crippen LogP contribution in [0.3, 0.4) is 0 Å². The minimum absolute atomic E-state index is 0.102. The summed E-state index contributed by atoms with van der Waals surface area (Å²) in [7, 11) is 0. The molecule has 0 aliphatic carbocycles. The molecule has 0 fully saturated rings. The molecular weight excluding hydrogens is 469 g/mol. The Morgan fingerprint density at radius 1 is 1.26 bits per heavy atom. The maximum absolute atomic E-state index is 13.6. The number of amides is 2. The Hall–Kier alpha value is -3.85. The standard InChI is InChI=1S/C26H24FN3O4S/c1-3-12-28(26(32)19-5-4-17(2)22(15-19)30(33)34)16-24(31)29-13-10-23-21(11-14-35-23)25(29)18-6-8-20(27)9-7-18/h3-9,11,14-15,25H,1,10,12-13,16H2,2H3. The number of nitrogens with zero attached hydrogens (tertiary/aromatic N) is 3. The summed E-state index contributed by atoms with van der Waals surface area (Å²) in [6, 6.07) is 11.9. The lowest BCUT2D eigenvalue weighted by atomic mass is 9.93. The normalized spacial score (nSPS) is 14.8. The fourth-order valence-corrected chi connectivity index (χ4v) is 5.24. The summed E-state index contributed by atoms with van der Waals surface area (Å²) < 4.78 is 13.6. The minimum Gasteiger partial charge on any atom is -0.330 e. The number of carbonyl (C=O) groups excluding carboxylic acids is 2. The largest absolute Gasteiger partial charge is 0.330 e. The van der Waals surface area contributed by atoms with Crippen molar-refractivity contribution in [3.8, 4) is 0 Å². The Morgan fingerprint density at radius 2 is 2.00 bits per heavy atom. The highest BCUT2D eigenvalue weighted by molar-refractivity contribution is 7.10. The van der Waals surface area contributed by atoms with Crippen molar-refractivity contribution in [2.45, 2.75) is 19.4 Å². The zero-order chi connectivity index (χ0) is 25.1. The van der Waals surface area contributed by atoms with Crippen molar-refractivity contribution in [1.82, 2.24) is 9.80 Å². The lowest BCUT2D eigenvalue weighted by molar-refractivity contribution is -0.385. The van der Waals surface area contributed by atoms with E-state index in [0.29, 0.717) is 18.5 Å². The molecule has 7 nitrogen and oxygen atoms in total. The molecular formula is C26H24FN3O4S. The van der Waals surface area contributed by atoms with Crippen LogP contribution in [0, 0.1) is 22.9 Å². The molecule has 9 heteroatoms. The van der Waals surface area contributed by atoms with Gasteiger partial charge in [0.15, 0.2) is 0 Å². The fraction of sp³-hybridized carbons (Fsp3) is 0.231. The van der Waals surface area contributed by atoms with Crippen LogP contribution in [0.15, 0.2) is 66.6 Å². The predicted octanol–water partition coefficient (Wildman–Crippen LogP) is 4.91. The molecule has 2 heterocycles. The van der Waals surface area contributed by atoms with Gasteiger partial charge < -0.3 is 9.80 Å². The third-order valence-electron chi connectivity index (χ3n) is 6.09. The summed E-state index contributed by atoms with van der Waals surface area (Å²) in [5.74, 6) is -1.12. The third kappa shape index (κ3) is 5.00. The van der Waals surface area contributed by atoms with Gasteiger partial charge in [-0.3, -0.25) is 19.7 Å². The maximum Gasteiger partial charge on any atom is 0.273 e. The van der Waals surface area contributed by atoms with E-state index < -0.39 is 10.8 Å². The zero-order valence-electron chi connectivity index (χ0n) is 19.1. The van der Waals surface area contributed by atoms with Crippen molar-refractivity contribution in [3.63, 3.8) is 0 Å². The summed E-state index contributed by atoms with van der Waals surface area (Å²) in [5.41, 5.74) is 2.20. The lowest BCUT2D eigenvalue weighted by Crippen LogP contribution is -2.46. The van der Waals surface area contributed by atoms with Gasteiger partial charge in [-0.25, -0.2) is 4.39 Å². The van der Waals surface area contributed by atoms with E-state index in [1.807, 2.05) is 11.4 Å². The number of hydrogen-bond acceptors (Lipinski definition) is 5. The number of carbonyl (C=O) groups is 2. The van der Waals surface area contributed by atoms with Gasteiger partial charge in [-0.2, -0.15) is 0 Å². The van der Waals surface area contributed by atoms with Crippen LogP contribution in [-0.2, 0) is 11.2 Å². The van der Waals surface area contributed by atoms with E-state index in [0.717, 1.165) is 11.1 Å². The Labute approximate surface area is 206 Å². The molecule has 0 N–H and O–H groups in total. The number of benzene rings is 2. The van der Waals surface area contributed by atoms with E-state index in [2.05, 4.69) is 6.58 Å². The lowest BCUT2D eigenvalue weighted by Gasteiger charge is -2.37. The van der Waals surface area contributed by atoms with Gasteiger partial charge in [0.05, 0.1) is 11.0 Å². The van der Waals surface area contributed by atoms with Gasteiger partial charge >= 0.3 is 0 Å². The predicted molar refractivity (Wildman–Crippen MR) is 132 cm³/mol. The Bertz CT molecular complexity index is 1290. The molecule has 35 heavy (non-hydrogen) atoms. The first-order valence-corrected chi connectivity index (χ1v) is 11.9. The van der Waals surface area contributed by atoms with Crippen LogP contribution < -0.4 is 0 Å². The average Bonchev–Trinajstić information content (AvgIpc) is 3.32. The number of nitro benzene ring substituents is 1. The number of fused-ring (bicyclic) bond motifs is 1. The van der Waals surface area contributed by atoms with Crippen LogP contribution in [0.4, 0.5) is 10.1 Å². The van der Waals surface area contributed by atoms with Crippen LogP contribution >= 0.6 is 11.3 Å². The first-order chi connectivity index (χ1) is 16.8. The monoisotopic (exact) mass is 493 g/mol. The highest BCUT2D eigenvalue weighted by Gasteiger charge is 2.34. The van der Waals surface area contributed by atoms with E-state index in [-0.39, 0.29) is 42.1 Å². The number of thiophene rings is 1. The second-order valence-corrected chi connectivity index (χ2v) is 9.32. The Balaban J connectivity index is 1.62. The summed E-state index contributed by atoms with van der Waals surface area (Å²) in [6.07, 6.45) is 2.20. The second kappa shape index (κ2) is 10.2. The fourth-order valence-electron chi connectivity index (χ4n) is 4.34. The van der Waals surface area contributed by atoms with Gasteiger partial charge in [-0.1, -0.05) is 24.3 Å². The molecule has 4 rings (SSSR count). The second-order valence-electron chi connectivity index (χ2n) is 8.32. The van der Waals surface area contributed by atoms with Crippen molar-refractivity contribution in [1.29, 1.82) is 0 Å². The number of halogens is 1. The SMILES string of the molecule is C=CCN(CC(=O)N1CCc2sccc2C1c1ccc(F)cc1)C(=O)c1ccc(C)c([N+](=O)[O-])c1. The highest BCUT2D eigenvalue weighted by atomic mass is 32.1. The van der Waals surface area contributed by atoms with Crippen LogP contribution in [0.25, 0.3) is 0 Å². The molecule has 2 aromatic carbocycles. The number of rotatable bonds is 7. The maximum atomic E-state index is 13.6. The minimum atomic E-state index is -0.533. The Kier molecular flexibility index (Phi) is 7.07. The number of hydrogen-bond donors (Lipinski definition) is 0. The summed E-state index contributed by atoms with van der Waals surface area (Å²) in [4.78, 5) is 41.8. The van der Waals surface area contributed by atoms with Gasteiger partial charge in [-0.15, -0.1) is 17.9 Å². The molecule has 0 radical (unpaired) electrons. The first-order valence-electron chi connectivity index (χ1n) is 11.1. The molecule has 1 unspecified atom stereocenters. The summed E-state index contributed by atoms with van der Waals surface area (Å²) in [6.45, 7) is 5.63. The first kappa shape index (κ1) is 24.3. The number of aryl methyl sites for hydroxylation is 1. The van der Waals surface area contributed by atoms with Gasteiger partial charge in [-0.05, 0) is 54.1 Å². The summed E-state index contributed by atoms with van der Waals surface area (Å²) in [5, 5.41) is 13.3. The van der Waals surface area contributed by atoms with Gasteiger partial charge in [0.1, 0.15) is 12.4 Å². The van der Waals surface area contributed by atoms with E-state index in [1.165, 1.54) is 46.2 Å².